The molecule has 0 spiro atoms. The van der Waals surface area contributed by atoms with Crippen LogP contribution in [0.2, 0.25) is 0 Å². The van der Waals surface area contributed by atoms with Crippen molar-refractivity contribution in [2.24, 2.45) is 5.92 Å². The highest BCUT2D eigenvalue weighted by atomic mass is 32.2. The van der Waals surface area contributed by atoms with Gasteiger partial charge in [0, 0.05) is 6.54 Å². The number of hydrogen-bond donors (Lipinski definition) is 2. The number of nitrogens with one attached hydrogen (secondary N) is 1. The topological polar surface area (TPSA) is 66.4 Å². The van der Waals surface area contributed by atoms with E-state index in [9.17, 15) is 13.5 Å². The lowest BCUT2D eigenvalue weighted by molar-refractivity contribution is 0.280. The van der Waals surface area contributed by atoms with Gasteiger partial charge in [-0.25, -0.2) is 13.1 Å². The Hall–Kier alpha value is -0.910. The molecule has 2 N–H and O–H groups in total. The second kappa shape index (κ2) is 6.70. The minimum Gasteiger partial charge on any atom is -0.392 e. The van der Waals surface area contributed by atoms with Crippen molar-refractivity contribution in [2.45, 2.75) is 50.5 Å². The summed E-state index contributed by atoms with van der Waals surface area (Å²) in [6.07, 6.45) is 5.41. The summed E-state index contributed by atoms with van der Waals surface area (Å²) in [7, 11) is -3.47. The molecule has 0 bridgehead atoms. The van der Waals surface area contributed by atoms with Crippen molar-refractivity contribution in [3.8, 4) is 0 Å². The van der Waals surface area contributed by atoms with Crippen LogP contribution in [0.3, 0.4) is 0 Å². The molecule has 0 unspecified atom stereocenters. The molecule has 1 aliphatic carbocycles. The SMILES string of the molecule is CCc1ccc(S(=O)(=O)NCC2CCCC2)cc1CO. The predicted octanol–water partition coefficient (Wildman–Crippen LogP) is 2.21. The lowest BCUT2D eigenvalue weighted by Crippen LogP contribution is -2.28. The van der Waals surface area contributed by atoms with Crippen molar-refractivity contribution in [3.63, 3.8) is 0 Å². The van der Waals surface area contributed by atoms with E-state index in [-0.39, 0.29) is 11.5 Å². The highest BCUT2D eigenvalue weighted by molar-refractivity contribution is 7.89. The summed E-state index contributed by atoms with van der Waals surface area (Å²) < 4.78 is 27.2. The molecule has 1 aromatic carbocycles. The fraction of sp³-hybridized carbons (Fsp3) is 0.600. The Balaban J connectivity index is 2.11. The summed E-state index contributed by atoms with van der Waals surface area (Å²) in [6.45, 7) is 2.38. The normalized spacial score (nSPS) is 16.7. The van der Waals surface area contributed by atoms with Gasteiger partial charge in [-0.3, -0.25) is 0 Å². The Bertz CT molecular complexity index is 548. The van der Waals surface area contributed by atoms with Gasteiger partial charge in [0.1, 0.15) is 0 Å². The van der Waals surface area contributed by atoms with Crippen LogP contribution in [0.4, 0.5) is 0 Å². The number of rotatable bonds is 6. The highest BCUT2D eigenvalue weighted by Crippen LogP contribution is 2.24. The zero-order valence-electron chi connectivity index (χ0n) is 11.9. The third-order valence-electron chi connectivity index (χ3n) is 4.08. The first-order valence-electron chi connectivity index (χ1n) is 7.29. The van der Waals surface area contributed by atoms with Crippen molar-refractivity contribution in [3.05, 3.63) is 29.3 Å². The maximum Gasteiger partial charge on any atom is 0.240 e. The first-order valence-corrected chi connectivity index (χ1v) is 8.77. The van der Waals surface area contributed by atoms with Crippen molar-refractivity contribution in [1.29, 1.82) is 0 Å². The molecule has 112 valence electrons. The van der Waals surface area contributed by atoms with Crippen molar-refractivity contribution >= 4 is 10.0 Å². The zero-order valence-corrected chi connectivity index (χ0v) is 12.7. The minimum absolute atomic E-state index is 0.130. The number of aliphatic hydroxyl groups is 1. The first-order chi connectivity index (χ1) is 9.56. The van der Waals surface area contributed by atoms with Gasteiger partial charge in [-0.05, 0) is 48.4 Å². The molecule has 1 fully saturated rings. The van der Waals surface area contributed by atoms with E-state index in [2.05, 4.69) is 4.72 Å². The molecular weight excluding hydrogens is 274 g/mol. The highest BCUT2D eigenvalue weighted by Gasteiger charge is 2.20. The molecule has 4 nitrogen and oxygen atoms in total. The average Bonchev–Trinajstić information content (AvgIpc) is 2.97. The maximum absolute atomic E-state index is 12.3. The molecule has 1 aliphatic rings. The second-order valence-electron chi connectivity index (χ2n) is 5.44. The number of hydrogen-bond acceptors (Lipinski definition) is 3. The Morgan fingerprint density at radius 3 is 2.55 bits per heavy atom. The standard InChI is InChI=1S/C15H23NO3S/c1-2-13-7-8-15(9-14(13)11-17)20(18,19)16-10-12-5-3-4-6-12/h7-9,12,16-17H,2-6,10-11H2,1H3. The summed E-state index contributed by atoms with van der Waals surface area (Å²) in [6, 6.07) is 4.99. The molecule has 2 rings (SSSR count). The summed E-state index contributed by atoms with van der Waals surface area (Å²) in [5.74, 6) is 0.469. The summed E-state index contributed by atoms with van der Waals surface area (Å²) >= 11 is 0. The van der Waals surface area contributed by atoms with E-state index in [0.717, 1.165) is 24.8 Å². The number of sulfonamides is 1. The smallest absolute Gasteiger partial charge is 0.240 e. The van der Waals surface area contributed by atoms with E-state index in [4.69, 9.17) is 0 Å². The molecule has 0 radical (unpaired) electrons. The first kappa shape index (κ1) is 15.5. The van der Waals surface area contributed by atoms with E-state index >= 15 is 0 Å². The summed E-state index contributed by atoms with van der Waals surface area (Å²) in [5, 5.41) is 9.33. The lowest BCUT2D eigenvalue weighted by Gasteiger charge is -2.13. The van der Waals surface area contributed by atoms with Gasteiger partial charge >= 0.3 is 0 Å². The van der Waals surface area contributed by atoms with Crippen molar-refractivity contribution in [2.75, 3.05) is 6.54 Å². The van der Waals surface area contributed by atoms with E-state index in [1.807, 2.05) is 6.92 Å². The molecule has 1 saturated carbocycles. The number of aryl methyl sites for hydroxylation is 1. The Kier molecular flexibility index (Phi) is 5.18. The molecule has 5 heteroatoms. The fourth-order valence-corrected chi connectivity index (χ4v) is 3.95. The van der Waals surface area contributed by atoms with E-state index in [1.54, 1.807) is 18.2 Å². The van der Waals surface area contributed by atoms with Crippen LogP contribution in [0.1, 0.15) is 43.7 Å². The van der Waals surface area contributed by atoms with Crippen molar-refractivity contribution in [1.82, 2.24) is 4.72 Å². The van der Waals surface area contributed by atoms with Crippen LogP contribution < -0.4 is 4.72 Å². The van der Waals surface area contributed by atoms with Gasteiger partial charge in [0.05, 0.1) is 11.5 Å². The maximum atomic E-state index is 12.3. The van der Waals surface area contributed by atoms with Crippen LogP contribution in [-0.4, -0.2) is 20.1 Å². The van der Waals surface area contributed by atoms with Gasteiger partial charge < -0.3 is 5.11 Å². The molecule has 0 amide bonds. The van der Waals surface area contributed by atoms with Gasteiger partial charge in [-0.1, -0.05) is 25.8 Å². The molecule has 1 aromatic rings. The summed E-state index contributed by atoms with van der Waals surface area (Å²) in [5.41, 5.74) is 1.68. The van der Waals surface area contributed by atoms with Gasteiger partial charge in [0.15, 0.2) is 0 Å². The largest absolute Gasteiger partial charge is 0.392 e. The van der Waals surface area contributed by atoms with E-state index in [0.29, 0.717) is 18.0 Å². The molecule has 0 aromatic heterocycles. The van der Waals surface area contributed by atoms with E-state index in [1.165, 1.54) is 12.8 Å². The van der Waals surface area contributed by atoms with E-state index < -0.39 is 10.0 Å². The van der Waals surface area contributed by atoms with Gasteiger partial charge in [-0.2, -0.15) is 0 Å². The van der Waals surface area contributed by atoms with Crippen LogP contribution in [0.5, 0.6) is 0 Å². The Morgan fingerprint density at radius 1 is 1.25 bits per heavy atom. The third-order valence-corrected chi connectivity index (χ3v) is 5.50. The Labute approximate surface area is 121 Å². The van der Waals surface area contributed by atoms with Gasteiger partial charge in [0.25, 0.3) is 0 Å². The Morgan fingerprint density at radius 2 is 1.95 bits per heavy atom. The molecule has 0 atom stereocenters. The van der Waals surface area contributed by atoms with Gasteiger partial charge in [-0.15, -0.1) is 0 Å². The molecule has 0 heterocycles. The fourth-order valence-electron chi connectivity index (χ4n) is 2.79. The van der Waals surface area contributed by atoms with Crippen LogP contribution >= 0.6 is 0 Å². The average molecular weight is 297 g/mol. The molecule has 0 aliphatic heterocycles. The summed E-state index contributed by atoms with van der Waals surface area (Å²) in [4.78, 5) is 0.247. The molecule has 20 heavy (non-hydrogen) atoms. The quantitative estimate of drug-likeness (QED) is 0.846. The molecular formula is C15H23NO3S. The van der Waals surface area contributed by atoms with Crippen LogP contribution in [0.15, 0.2) is 23.1 Å². The molecule has 0 saturated heterocycles. The zero-order chi connectivity index (χ0) is 14.6. The number of aliphatic hydroxyl groups excluding tert-OH is 1. The van der Waals surface area contributed by atoms with Crippen LogP contribution in [-0.2, 0) is 23.1 Å². The predicted molar refractivity (Wildman–Crippen MR) is 78.9 cm³/mol. The number of benzene rings is 1. The monoisotopic (exact) mass is 297 g/mol. The van der Waals surface area contributed by atoms with Crippen molar-refractivity contribution < 1.29 is 13.5 Å². The van der Waals surface area contributed by atoms with Crippen LogP contribution in [0.25, 0.3) is 0 Å². The third kappa shape index (κ3) is 3.59. The lowest BCUT2D eigenvalue weighted by atomic mass is 10.1. The van der Waals surface area contributed by atoms with Crippen LogP contribution in [0, 0.1) is 5.92 Å². The minimum atomic E-state index is -3.47. The van der Waals surface area contributed by atoms with Gasteiger partial charge in [0.2, 0.25) is 10.0 Å². The second-order valence-corrected chi connectivity index (χ2v) is 7.21.